The number of carbonyl (C=O) groups is 2. The second-order valence-corrected chi connectivity index (χ2v) is 3.77. The van der Waals surface area contributed by atoms with Crippen LogP contribution in [0.1, 0.15) is 45.4 Å². The molecule has 0 aromatic rings. The third-order valence-corrected chi connectivity index (χ3v) is 2.65. The van der Waals surface area contributed by atoms with E-state index in [2.05, 4.69) is 0 Å². The van der Waals surface area contributed by atoms with Gasteiger partial charge >= 0.3 is 5.97 Å². The number of hydrogen-bond acceptors (Lipinski definition) is 3. The molecular weight excluding hydrogens is 180 g/mol. The average molecular weight is 198 g/mol. The van der Waals surface area contributed by atoms with Gasteiger partial charge in [-0.2, -0.15) is 0 Å². The van der Waals surface area contributed by atoms with Crippen LogP contribution in [-0.2, 0) is 14.3 Å². The van der Waals surface area contributed by atoms with Gasteiger partial charge < -0.3 is 4.74 Å². The summed E-state index contributed by atoms with van der Waals surface area (Å²) in [6, 6.07) is 0. The lowest BCUT2D eigenvalue weighted by Gasteiger charge is -2.17. The molecule has 1 aliphatic carbocycles. The topological polar surface area (TPSA) is 43.4 Å². The maximum absolute atomic E-state index is 11.4. The van der Waals surface area contributed by atoms with Gasteiger partial charge in [-0.05, 0) is 26.2 Å². The van der Waals surface area contributed by atoms with Gasteiger partial charge in [0.05, 0.1) is 12.5 Å². The Morgan fingerprint density at radius 2 is 2.14 bits per heavy atom. The molecule has 0 heterocycles. The fourth-order valence-corrected chi connectivity index (χ4v) is 1.81. The van der Waals surface area contributed by atoms with Crippen molar-refractivity contribution in [2.45, 2.75) is 45.4 Å². The van der Waals surface area contributed by atoms with Crippen molar-refractivity contribution in [3.8, 4) is 0 Å². The van der Waals surface area contributed by atoms with Crippen molar-refractivity contribution in [3.63, 3.8) is 0 Å². The van der Waals surface area contributed by atoms with Crippen LogP contribution in [0.3, 0.4) is 0 Å². The summed E-state index contributed by atoms with van der Waals surface area (Å²) in [4.78, 5) is 22.6. The highest BCUT2D eigenvalue weighted by molar-refractivity contribution is 5.79. The molecule has 1 aliphatic rings. The maximum atomic E-state index is 11.4. The van der Waals surface area contributed by atoms with E-state index in [9.17, 15) is 9.59 Å². The summed E-state index contributed by atoms with van der Waals surface area (Å²) >= 11 is 0. The largest absolute Gasteiger partial charge is 0.466 e. The van der Waals surface area contributed by atoms with Crippen molar-refractivity contribution in [3.05, 3.63) is 0 Å². The second-order valence-electron chi connectivity index (χ2n) is 3.77. The van der Waals surface area contributed by atoms with Crippen LogP contribution in [0.4, 0.5) is 0 Å². The first-order valence-electron chi connectivity index (χ1n) is 5.42. The van der Waals surface area contributed by atoms with Crippen LogP contribution in [-0.4, -0.2) is 18.4 Å². The SMILES string of the molecule is CCOC(=O)C1CCCCC(=O)CC1. The highest BCUT2D eigenvalue weighted by atomic mass is 16.5. The molecule has 3 heteroatoms. The molecule has 0 spiro atoms. The lowest BCUT2D eigenvalue weighted by molar-refractivity contribution is -0.148. The minimum Gasteiger partial charge on any atom is -0.466 e. The standard InChI is InChI=1S/C11H18O3/c1-2-14-11(13)9-5-3-4-6-10(12)8-7-9/h9H,2-8H2,1H3. The predicted molar refractivity (Wildman–Crippen MR) is 52.8 cm³/mol. The normalized spacial score (nSPS) is 23.8. The Hall–Kier alpha value is -0.860. The minimum atomic E-state index is -0.123. The van der Waals surface area contributed by atoms with Gasteiger partial charge in [0.25, 0.3) is 0 Å². The van der Waals surface area contributed by atoms with E-state index in [4.69, 9.17) is 4.74 Å². The molecule has 1 rings (SSSR count). The minimum absolute atomic E-state index is 0.0424. The summed E-state index contributed by atoms with van der Waals surface area (Å²) in [6.07, 6.45) is 4.69. The van der Waals surface area contributed by atoms with E-state index in [0.29, 0.717) is 31.7 Å². The van der Waals surface area contributed by atoms with E-state index in [1.807, 2.05) is 6.92 Å². The molecule has 14 heavy (non-hydrogen) atoms. The van der Waals surface area contributed by atoms with Gasteiger partial charge in [-0.1, -0.05) is 6.42 Å². The molecule has 0 radical (unpaired) electrons. The molecule has 0 aromatic heterocycles. The molecule has 0 aliphatic heterocycles. The number of esters is 1. The molecule has 3 nitrogen and oxygen atoms in total. The number of ether oxygens (including phenoxy) is 1. The molecule has 0 amide bonds. The summed E-state index contributed by atoms with van der Waals surface area (Å²) in [5.41, 5.74) is 0. The Kier molecular flexibility index (Phi) is 4.63. The van der Waals surface area contributed by atoms with Crippen molar-refractivity contribution >= 4 is 11.8 Å². The third kappa shape index (κ3) is 3.48. The van der Waals surface area contributed by atoms with E-state index in [1.54, 1.807) is 0 Å². The van der Waals surface area contributed by atoms with Crippen molar-refractivity contribution in [2.75, 3.05) is 6.61 Å². The zero-order valence-corrected chi connectivity index (χ0v) is 8.75. The lowest BCUT2D eigenvalue weighted by Crippen LogP contribution is -2.20. The first kappa shape index (κ1) is 11.2. The summed E-state index contributed by atoms with van der Waals surface area (Å²) in [5, 5.41) is 0. The molecule has 0 N–H and O–H groups in total. The fourth-order valence-electron chi connectivity index (χ4n) is 1.81. The maximum Gasteiger partial charge on any atom is 0.308 e. The zero-order valence-electron chi connectivity index (χ0n) is 8.75. The predicted octanol–water partition coefficient (Wildman–Crippen LogP) is 2.09. The molecule has 1 unspecified atom stereocenters. The molecule has 80 valence electrons. The van der Waals surface area contributed by atoms with Gasteiger partial charge in [0, 0.05) is 12.8 Å². The summed E-state index contributed by atoms with van der Waals surface area (Å²) in [5.74, 6) is 0.125. The van der Waals surface area contributed by atoms with Gasteiger partial charge in [-0.15, -0.1) is 0 Å². The van der Waals surface area contributed by atoms with Crippen LogP contribution >= 0.6 is 0 Å². The molecular formula is C11H18O3. The Morgan fingerprint density at radius 1 is 1.36 bits per heavy atom. The Bertz CT molecular complexity index is 211. The van der Waals surface area contributed by atoms with E-state index in [-0.39, 0.29) is 11.9 Å². The molecule has 1 saturated carbocycles. The van der Waals surface area contributed by atoms with E-state index in [0.717, 1.165) is 19.3 Å². The van der Waals surface area contributed by atoms with Crippen molar-refractivity contribution in [2.24, 2.45) is 5.92 Å². The van der Waals surface area contributed by atoms with Gasteiger partial charge in [0.2, 0.25) is 0 Å². The number of carbonyl (C=O) groups excluding carboxylic acids is 2. The van der Waals surface area contributed by atoms with E-state index >= 15 is 0 Å². The van der Waals surface area contributed by atoms with Crippen LogP contribution in [0.5, 0.6) is 0 Å². The van der Waals surface area contributed by atoms with E-state index in [1.165, 1.54) is 0 Å². The van der Waals surface area contributed by atoms with Crippen molar-refractivity contribution in [1.82, 2.24) is 0 Å². The molecule has 0 saturated heterocycles. The Labute approximate surface area is 84.8 Å². The third-order valence-electron chi connectivity index (χ3n) is 2.65. The zero-order chi connectivity index (χ0) is 10.4. The number of Topliss-reactive ketones (excluding diaryl/α,β-unsaturated/α-hetero) is 1. The van der Waals surface area contributed by atoms with Gasteiger partial charge in [-0.3, -0.25) is 9.59 Å². The lowest BCUT2D eigenvalue weighted by atomic mass is 9.91. The van der Waals surface area contributed by atoms with Crippen molar-refractivity contribution < 1.29 is 14.3 Å². The highest BCUT2D eigenvalue weighted by Crippen LogP contribution is 2.21. The quantitative estimate of drug-likeness (QED) is 0.638. The Balaban J connectivity index is 2.42. The van der Waals surface area contributed by atoms with Crippen LogP contribution < -0.4 is 0 Å². The molecule has 0 aromatic carbocycles. The van der Waals surface area contributed by atoms with Crippen LogP contribution in [0.25, 0.3) is 0 Å². The van der Waals surface area contributed by atoms with Gasteiger partial charge in [0.1, 0.15) is 5.78 Å². The smallest absolute Gasteiger partial charge is 0.308 e. The van der Waals surface area contributed by atoms with Crippen LogP contribution in [0.2, 0.25) is 0 Å². The molecule has 0 bridgehead atoms. The molecule has 1 atom stereocenters. The van der Waals surface area contributed by atoms with Gasteiger partial charge in [0.15, 0.2) is 0 Å². The van der Waals surface area contributed by atoms with Crippen LogP contribution in [0.15, 0.2) is 0 Å². The van der Waals surface area contributed by atoms with Crippen molar-refractivity contribution in [1.29, 1.82) is 0 Å². The van der Waals surface area contributed by atoms with E-state index < -0.39 is 0 Å². The number of hydrogen-bond donors (Lipinski definition) is 0. The monoisotopic (exact) mass is 198 g/mol. The first-order chi connectivity index (χ1) is 6.74. The summed E-state index contributed by atoms with van der Waals surface area (Å²) in [6.45, 7) is 2.25. The fraction of sp³-hybridized carbons (Fsp3) is 0.818. The van der Waals surface area contributed by atoms with Crippen LogP contribution in [0, 0.1) is 5.92 Å². The molecule has 1 fully saturated rings. The summed E-state index contributed by atoms with van der Waals surface area (Å²) < 4.78 is 4.96. The summed E-state index contributed by atoms with van der Waals surface area (Å²) in [7, 11) is 0. The number of rotatable bonds is 2. The highest BCUT2D eigenvalue weighted by Gasteiger charge is 2.22. The second kappa shape index (κ2) is 5.78. The number of ketones is 1. The average Bonchev–Trinajstić information content (AvgIpc) is 2.12. The Morgan fingerprint density at radius 3 is 2.86 bits per heavy atom. The first-order valence-corrected chi connectivity index (χ1v) is 5.42. The van der Waals surface area contributed by atoms with Gasteiger partial charge in [-0.25, -0.2) is 0 Å².